The lowest BCUT2D eigenvalue weighted by molar-refractivity contribution is 0.0607. The van der Waals surface area contributed by atoms with Gasteiger partial charge in [-0.05, 0) is 18.4 Å². The van der Waals surface area contributed by atoms with E-state index in [1.54, 1.807) is 6.92 Å². The van der Waals surface area contributed by atoms with E-state index >= 15 is 0 Å². The number of nitrogens with zero attached hydrogens (tertiary/aromatic N) is 4. The number of aromatic nitrogens is 3. The van der Waals surface area contributed by atoms with Crippen molar-refractivity contribution >= 4 is 46.2 Å². The lowest BCUT2D eigenvalue weighted by Gasteiger charge is -2.18. The number of ether oxygens (including phenoxy) is 2. The van der Waals surface area contributed by atoms with E-state index in [2.05, 4.69) is 25.0 Å². The van der Waals surface area contributed by atoms with Crippen LogP contribution in [0.3, 0.4) is 0 Å². The lowest BCUT2D eigenvalue weighted by Crippen LogP contribution is -2.37. The number of methoxy groups -OCH3 is 2. The first kappa shape index (κ1) is 18.7. The van der Waals surface area contributed by atoms with E-state index in [4.69, 9.17) is 4.74 Å². The summed E-state index contributed by atoms with van der Waals surface area (Å²) in [4.78, 5) is 35.7. The molecule has 0 aliphatic rings. The topological polar surface area (TPSA) is 144 Å². The second kappa shape index (κ2) is 7.96. The van der Waals surface area contributed by atoms with Crippen molar-refractivity contribution in [3.63, 3.8) is 0 Å². The first-order valence-electron chi connectivity index (χ1n) is 6.52. The Morgan fingerprint density at radius 1 is 1.32 bits per heavy atom. The molecule has 0 fully saturated rings. The summed E-state index contributed by atoms with van der Waals surface area (Å²) in [5.41, 5.74) is -0.0899. The van der Waals surface area contributed by atoms with Gasteiger partial charge < -0.3 is 9.47 Å². The Kier molecular flexibility index (Phi) is 5.95. The van der Waals surface area contributed by atoms with Crippen LogP contribution < -0.4 is 14.4 Å². The fraction of sp³-hybridized carbons (Fsp3) is 0.250. The third kappa shape index (κ3) is 4.26. The molecule has 2 rings (SSSR count). The van der Waals surface area contributed by atoms with Crippen molar-refractivity contribution in [2.75, 3.05) is 23.8 Å². The van der Waals surface area contributed by atoms with Gasteiger partial charge in [0.1, 0.15) is 10.7 Å². The number of rotatable bonds is 5. The highest BCUT2D eigenvalue weighted by atomic mass is 32.2. The zero-order valence-corrected chi connectivity index (χ0v) is 14.9. The van der Waals surface area contributed by atoms with Gasteiger partial charge in [-0.2, -0.15) is 19.3 Å². The van der Waals surface area contributed by atoms with Crippen LogP contribution in [0.25, 0.3) is 0 Å². The summed E-state index contributed by atoms with van der Waals surface area (Å²) in [6, 6.07) is 0.270. The molecule has 13 heteroatoms. The minimum absolute atomic E-state index is 0.00976. The molecule has 2 N–H and O–H groups in total. The third-order valence-electron chi connectivity index (χ3n) is 2.70. The zero-order chi connectivity index (χ0) is 18.6. The molecule has 0 aliphatic carbocycles. The summed E-state index contributed by atoms with van der Waals surface area (Å²) in [5, 5.41) is 3.73. The summed E-state index contributed by atoms with van der Waals surface area (Å²) in [6.45, 7) is 1.55. The molecule has 2 heterocycles. The number of carbonyl (C=O) groups is 2. The number of aryl methyl sites for hydroxylation is 1. The Morgan fingerprint density at radius 3 is 2.64 bits per heavy atom. The highest BCUT2D eigenvalue weighted by Gasteiger charge is 2.28. The van der Waals surface area contributed by atoms with Gasteiger partial charge in [-0.1, -0.05) is 0 Å². The van der Waals surface area contributed by atoms with Crippen LogP contribution in [0.15, 0.2) is 11.4 Å². The number of urea groups is 1. The van der Waals surface area contributed by atoms with Gasteiger partial charge in [-0.3, -0.25) is 9.87 Å². The van der Waals surface area contributed by atoms with Gasteiger partial charge in [-0.15, -0.1) is 11.3 Å². The Bertz CT molecular complexity index is 826. The van der Waals surface area contributed by atoms with Gasteiger partial charge in [-0.25, -0.2) is 13.8 Å². The second-order valence-electron chi connectivity index (χ2n) is 4.27. The van der Waals surface area contributed by atoms with E-state index in [0.29, 0.717) is 4.31 Å². The quantitative estimate of drug-likeness (QED) is 0.571. The van der Waals surface area contributed by atoms with Crippen molar-refractivity contribution in [2.24, 2.45) is 0 Å². The van der Waals surface area contributed by atoms with Crippen LogP contribution in [0.1, 0.15) is 15.5 Å². The summed E-state index contributed by atoms with van der Waals surface area (Å²) in [6.07, 6.45) is 0. The van der Waals surface area contributed by atoms with Crippen molar-refractivity contribution in [3.8, 4) is 6.01 Å². The number of hydrogen-bond acceptors (Lipinski definition) is 9. The monoisotopic (exact) mass is 387 g/mol. The van der Waals surface area contributed by atoms with E-state index in [1.165, 1.54) is 18.6 Å². The fourth-order valence-corrected chi connectivity index (χ4v) is 3.08. The van der Waals surface area contributed by atoms with Gasteiger partial charge in [0.25, 0.3) is 11.3 Å². The van der Waals surface area contributed by atoms with Crippen molar-refractivity contribution in [1.82, 2.24) is 15.0 Å². The number of hydrogen-bond donors (Lipinski definition) is 2. The molecule has 2 amide bonds. The fourth-order valence-electron chi connectivity index (χ4n) is 1.72. The molecule has 2 aromatic rings. The minimum Gasteiger partial charge on any atom is -0.467 e. The van der Waals surface area contributed by atoms with Crippen LogP contribution in [0, 0.1) is 6.92 Å². The highest BCUT2D eigenvalue weighted by molar-refractivity contribution is 7.81. The molecule has 0 aromatic carbocycles. The average molecular weight is 387 g/mol. The first-order chi connectivity index (χ1) is 11.9. The summed E-state index contributed by atoms with van der Waals surface area (Å²) in [7, 11) is 2.50. The largest absolute Gasteiger partial charge is 0.467 e. The van der Waals surface area contributed by atoms with Gasteiger partial charge in [0.05, 0.1) is 19.9 Å². The molecular formula is C12H13N5O6S2. The predicted octanol–water partition coefficient (Wildman–Crippen LogP) is 1.21. The number of carbonyl (C=O) groups excluding carboxylic acids is 2. The molecule has 11 nitrogen and oxygen atoms in total. The molecule has 0 radical (unpaired) electrons. The maximum absolute atomic E-state index is 12.4. The van der Waals surface area contributed by atoms with Crippen LogP contribution in [-0.4, -0.2) is 49.9 Å². The van der Waals surface area contributed by atoms with E-state index in [0.717, 1.165) is 18.4 Å². The number of anilines is 2. The maximum atomic E-state index is 12.4. The molecule has 134 valence electrons. The molecule has 0 bridgehead atoms. The van der Waals surface area contributed by atoms with Gasteiger partial charge >= 0.3 is 18.0 Å². The van der Waals surface area contributed by atoms with Crippen molar-refractivity contribution in [3.05, 3.63) is 22.1 Å². The normalized spacial score (nSPS) is 11.5. The van der Waals surface area contributed by atoms with Crippen LogP contribution >= 0.6 is 11.3 Å². The highest BCUT2D eigenvalue weighted by Crippen LogP contribution is 2.28. The second-order valence-corrected chi connectivity index (χ2v) is 6.02. The Labute approximate surface area is 148 Å². The summed E-state index contributed by atoms with van der Waals surface area (Å²) >= 11 is -1.80. The molecule has 0 spiro atoms. The van der Waals surface area contributed by atoms with Crippen molar-refractivity contribution in [1.29, 1.82) is 0 Å². The Morgan fingerprint density at radius 2 is 2.04 bits per heavy atom. The predicted molar refractivity (Wildman–Crippen MR) is 89.0 cm³/mol. The van der Waals surface area contributed by atoms with Crippen LogP contribution in [-0.2, 0) is 16.0 Å². The van der Waals surface area contributed by atoms with E-state index in [9.17, 15) is 18.4 Å². The zero-order valence-electron chi connectivity index (χ0n) is 13.2. The lowest BCUT2D eigenvalue weighted by atomic mass is 10.4. The molecule has 0 saturated carbocycles. The molecule has 0 saturated heterocycles. The molecular weight excluding hydrogens is 374 g/mol. The van der Waals surface area contributed by atoms with Crippen molar-refractivity contribution < 1.29 is 27.8 Å². The number of amides is 2. The minimum atomic E-state index is -2.76. The maximum Gasteiger partial charge on any atom is 0.350 e. The molecule has 1 atom stereocenters. The van der Waals surface area contributed by atoms with E-state index in [-0.39, 0.29) is 28.3 Å². The molecule has 0 aliphatic heterocycles. The van der Waals surface area contributed by atoms with E-state index in [1.807, 2.05) is 0 Å². The first-order valence-corrected chi connectivity index (χ1v) is 8.46. The third-order valence-corrected chi connectivity index (χ3v) is 4.26. The standard InChI is InChI=1S/C12H13N5O6S2/c1-6-13-10(15-11(14-6)23-3)16-12(19)17(25(20)21)7-4-5-24-8(7)9(18)22-2/h4-5H,1-3H3,(H,20,21)(H,13,14,15,16,19). The van der Waals surface area contributed by atoms with Crippen LogP contribution in [0.2, 0.25) is 0 Å². The van der Waals surface area contributed by atoms with Gasteiger partial charge in [0.15, 0.2) is 0 Å². The van der Waals surface area contributed by atoms with Gasteiger partial charge in [0, 0.05) is 0 Å². The average Bonchev–Trinajstić information content (AvgIpc) is 3.02. The Balaban J connectivity index is 2.34. The molecule has 25 heavy (non-hydrogen) atoms. The van der Waals surface area contributed by atoms with Gasteiger partial charge in [0.2, 0.25) is 5.95 Å². The summed E-state index contributed by atoms with van der Waals surface area (Å²) in [5.74, 6) is -0.657. The van der Waals surface area contributed by atoms with Crippen LogP contribution in [0.4, 0.5) is 16.4 Å². The van der Waals surface area contributed by atoms with E-state index < -0.39 is 23.3 Å². The number of nitrogens with one attached hydrogen (secondary N) is 1. The number of thiophene rings is 1. The Hall–Kier alpha value is -2.64. The van der Waals surface area contributed by atoms with Crippen molar-refractivity contribution in [2.45, 2.75) is 6.92 Å². The summed E-state index contributed by atoms with van der Waals surface area (Å²) < 4.78 is 31.0. The molecule has 1 unspecified atom stereocenters. The van der Waals surface area contributed by atoms with Crippen LogP contribution in [0.5, 0.6) is 6.01 Å². The smallest absolute Gasteiger partial charge is 0.350 e. The number of esters is 1. The SMILES string of the molecule is COC(=O)c1sccc1N(C(=O)Nc1nc(C)nc(OC)n1)S(=O)O. The molecule has 2 aromatic heterocycles.